The van der Waals surface area contributed by atoms with Crippen molar-refractivity contribution in [3.63, 3.8) is 0 Å². The van der Waals surface area contributed by atoms with E-state index in [0.717, 1.165) is 17.3 Å². The monoisotopic (exact) mass is 302 g/mol. The number of nitrogens with one attached hydrogen (secondary N) is 2. The van der Waals surface area contributed by atoms with E-state index in [2.05, 4.69) is 17.6 Å². The number of hydrogen-bond donors (Lipinski definition) is 2. The topological polar surface area (TPSA) is 41.1 Å². The maximum absolute atomic E-state index is 11.0. The van der Waals surface area contributed by atoms with Crippen LogP contribution in [0.3, 0.4) is 0 Å². The number of halogens is 1. The van der Waals surface area contributed by atoms with Crippen LogP contribution < -0.4 is 10.6 Å². The summed E-state index contributed by atoms with van der Waals surface area (Å²) in [5.41, 5.74) is 3.19. The van der Waals surface area contributed by atoms with Gasteiger partial charge in [-0.05, 0) is 42.3 Å². The molecule has 0 aliphatic carbocycles. The number of hydrogen-bond acceptors (Lipinski definition) is 2. The Balaban J connectivity index is 1.90. The summed E-state index contributed by atoms with van der Waals surface area (Å²) < 4.78 is 0. The summed E-state index contributed by atoms with van der Waals surface area (Å²) in [6.07, 6.45) is 0. The molecular formula is C17H19ClN2O. The average molecular weight is 303 g/mol. The van der Waals surface area contributed by atoms with Gasteiger partial charge in [0.05, 0.1) is 0 Å². The highest BCUT2D eigenvalue weighted by Gasteiger charge is 2.04. The predicted molar refractivity (Wildman–Crippen MR) is 87.5 cm³/mol. The number of rotatable bonds is 5. The molecular weight excluding hydrogens is 284 g/mol. The van der Waals surface area contributed by atoms with Crippen molar-refractivity contribution >= 4 is 23.2 Å². The first kappa shape index (κ1) is 15.5. The highest BCUT2D eigenvalue weighted by Crippen LogP contribution is 2.17. The fraction of sp³-hybridized carbons (Fsp3) is 0.235. The van der Waals surface area contributed by atoms with E-state index in [9.17, 15) is 4.79 Å². The molecule has 1 amide bonds. The van der Waals surface area contributed by atoms with Crippen molar-refractivity contribution in [2.24, 2.45) is 0 Å². The van der Waals surface area contributed by atoms with Crippen LogP contribution in [0.15, 0.2) is 48.5 Å². The Kier molecular flexibility index (Phi) is 5.37. The highest BCUT2D eigenvalue weighted by atomic mass is 35.5. The Bertz CT molecular complexity index is 593. The molecule has 3 nitrogen and oxygen atoms in total. The van der Waals surface area contributed by atoms with Gasteiger partial charge in [-0.25, -0.2) is 0 Å². The lowest BCUT2D eigenvalue weighted by atomic mass is 10.1. The van der Waals surface area contributed by atoms with Crippen LogP contribution in [0.5, 0.6) is 0 Å². The van der Waals surface area contributed by atoms with Crippen LogP contribution in [0.1, 0.15) is 31.0 Å². The van der Waals surface area contributed by atoms with E-state index in [4.69, 9.17) is 11.6 Å². The van der Waals surface area contributed by atoms with Crippen LogP contribution in [0.2, 0.25) is 5.02 Å². The number of benzene rings is 2. The van der Waals surface area contributed by atoms with Gasteiger partial charge in [-0.1, -0.05) is 35.9 Å². The van der Waals surface area contributed by atoms with Crippen molar-refractivity contribution in [3.05, 3.63) is 64.7 Å². The Morgan fingerprint density at radius 1 is 1.10 bits per heavy atom. The molecule has 2 N–H and O–H groups in total. The Hall–Kier alpha value is -1.84. The second-order valence-corrected chi connectivity index (χ2v) is 5.47. The molecule has 0 bridgehead atoms. The van der Waals surface area contributed by atoms with Gasteiger partial charge in [0.15, 0.2) is 0 Å². The summed E-state index contributed by atoms with van der Waals surface area (Å²) in [7, 11) is 0. The molecule has 0 aromatic heterocycles. The maximum atomic E-state index is 11.0. The lowest BCUT2D eigenvalue weighted by molar-refractivity contribution is -0.114. The zero-order valence-corrected chi connectivity index (χ0v) is 12.9. The van der Waals surface area contributed by atoms with Crippen molar-refractivity contribution in [3.8, 4) is 0 Å². The number of carbonyl (C=O) groups excluding carboxylic acids is 1. The lowest BCUT2D eigenvalue weighted by Gasteiger charge is -2.14. The van der Waals surface area contributed by atoms with Gasteiger partial charge in [0, 0.05) is 30.2 Å². The molecule has 0 fully saturated rings. The van der Waals surface area contributed by atoms with E-state index in [0.29, 0.717) is 0 Å². The summed E-state index contributed by atoms with van der Waals surface area (Å²) in [6.45, 7) is 4.39. The van der Waals surface area contributed by atoms with Crippen molar-refractivity contribution in [2.45, 2.75) is 26.4 Å². The van der Waals surface area contributed by atoms with Crippen LogP contribution in [0.4, 0.5) is 5.69 Å². The standard InChI is InChI=1S/C17H19ClN2O/c1-12(15-5-7-16(18)8-6-15)19-11-14-3-9-17(10-4-14)20-13(2)21/h3-10,12,19H,11H2,1-2H3,(H,20,21)/t12-/m1/s1. The van der Waals surface area contributed by atoms with Gasteiger partial charge in [0.2, 0.25) is 5.91 Å². The van der Waals surface area contributed by atoms with Crippen LogP contribution in [-0.4, -0.2) is 5.91 Å². The Morgan fingerprint density at radius 2 is 1.71 bits per heavy atom. The van der Waals surface area contributed by atoms with Crippen molar-refractivity contribution in [2.75, 3.05) is 5.32 Å². The summed E-state index contributed by atoms with van der Waals surface area (Å²) in [5, 5.41) is 6.97. The molecule has 0 radical (unpaired) electrons. The summed E-state index contributed by atoms with van der Waals surface area (Å²) in [5.74, 6) is -0.0581. The summed E-state index contributed by atoms with van der Waals surface area (Å²) >= 11 is 5.89. The molecule has 0 spiro atoms. The lowest BCUT2D eigenvalue weighted by Crippen LogP contribution is -2.18. The molecule has 2 aromatic carbocycles. The first-order valence-electron chi connectivity index (χ1n) is 6.90. The van der Waals surface area contributed by atoms with Gasteiger partial charge >= 0.3 is 0 Å². The molecule has 0 aliphatic rings. The largest absolute Gasteiger partial charge is 0.326 e. The van der Waals surface area contributed by atoms with Gasteiger partial charge in [-0.3, -0.25) is 4.79 Å². The first-order chi connectivity index (χ1) is 10.0. The highest BCUT2D eigenvalue weighted by molar-refractivity contribution is 6.30. The second-order valence-electron chi connectivity index (χ2n) is 5.03. The van der Waals surface area contributed by atoms with Gasteiger partial charge in [0.1, 0.15) is 0 Å². The molecule has 0 heterocycles. The minimum Gasteiger partial charge on any atom is -0.326 e. The fourth-order valence-electron chi connectivity index (χ4n) is 2.05. The molecule has 0 saturated carbocycles. The van der Waals surface area contributed by atoms with Crippen molar-refractivity contribution in [1.29, 1.82) is 0 Å². The number of anilines is 1. The minimum absolute atomic E-state index is 0.0581. The third-order valence-corrected chi connectivity index (χ3v) is 3.51. The van der Waals surface area contributed by atoms with Crippen molar-refractivity contribution < 1.29 is 4.79 Å². The molecule has 0 aliphatic heterocycles. The van der Waals surface area contributed by atoms with Crippen LogP contribution in [0.25, 0.3) is 0 Å². The van der Waals surface area contributed by atoms with E-state index in [-0.39, 0.29) is 11.9 Å². The second kappa shape index (κ2) is 7.25. The van der Waals surface area contributed by atoms with E-state index < -0.39 is 0 Å². The van der Waals surface area contributed by atoms with E-state index in [1.807, 2.05) is 48.5 Å². The zero-order valence-electron chi connectivity index (χ0n) is 12.2. The van der Waals surface area contributed by atoms with Crippen molar-refractivity contribution in [1.82, 2.24) is 5.32 Å². The van der Waals surface area contributed by atoms with Crippen LogP contribution in [0, 0.1) is 0 Å². The average Bonchev–Trinajstić information content (AvgIpc) is 2.46. The van der Waals surface area contributed by atoms with Gasteiger partial charge in [0.25, 0.3) is 0 Å². The molecule has 0 unspecified atom stereocenters. The Labute approximate surface area is 130 Å². The normalized spacial score (nSPS) is 12.0. The summed E-state index contributed by atoms with van der Waals surface area (Å²) in [4.78, 5) is 11.0. The van der Waals surface area contributed by atoms with Gasteiger partial charge < -0.3 is 10.6 Å². The molecule has 21 heavy (non-hydrogen) atoms. The van der Waals surface area contributed by atoms with Crippen LogP contribution >= 0.6 is 11.6 Å². The number of amides is 1. The zero-order chi connectivity index (χ0) is 15.2. The third-order valence-electron chi connectivity index (χ3n) is 3.26. The van der Waals surface area contributed by atoms with Crippen LogP contribution in [-0.2, 0) is 11.3 Å². The van der Waals surface area contributed by atoms with E-state index in [1.54, 1.807) is 0 Å². The smallest absolute Gasteiger partial charge is 0.221 e. The van der Waals surface area contributed by atoms with E-state index >= 15 is 0 Å². The SMILES string of the molecule is CC(=O)Nc1ccc(CN[C@H](C)c2ccc(Cl)cc2)cc1. The maximum Gasteiger partial charge on any atom is 0.221 e. The van der Waals surface area contributed by atoms with Gasteiger partial charge in [-0.2, -0.15) is 0 Å². The molecule has 4 heteroatoms. The molecule has 110 valence electrons. The fourth-order valence-corrected chi connectivity index (χ4v) is 2.18. The molecule has 1 atom stereocenters. The molecule has 0 saturated heterocycles. The van der Waals surface area contributed by atoms with Gasteiger partial charge in [-0.15, -0.1) is 0 Å². The Morgan fingerprint density at radius 3 is 2.29 bits per heavy atom. The predicted octanol–water partition coefficient (Wildman–Crippen LogP) is 4.15. The summed E-state index contributed by atoms with van der Waals surface area (Å²) in [6, 6.07) is 15.9. The molecule has 2 rings (SSSR count). The minimum atomic E-state index is -0.0581. The first-order valence-corrected chi connectivity index (χ1v) is 7.28. The number of carbonyl (C=O) groups is 1. The quantitative estimate of drug-likeness (QED) is 0.871. The molecule has 2 aromatic rings. The third kappa shape index (κ3) is 4.88. The van der Waals surface area contributed by atoms with E-state index in [1.165, 1.54) is 18.1 Å².